The normalized spacial score (nSPS) is 16.0. The van der Waals surface area contributed by atoms with Crippen molar-refractivity contribution >= 4 is 17.8 Å². The molecule has 146 valence electrons. The monoisotopic (exact) mass is 381 g/mol. The molecule has 1 saturated heterocycles. The lowest BCUT2D eigenvalue weighted by Crippen LogP contribution is -2.41. The number of amides is 4. The molecule has 7 heteroatoms. The first kappa shape index (κ1) is 19.4. The van der Waals surface area contributed by atoms with E-state index in [1.165, 1.54) is 0 Å². The number of nitrogens with one attached hydrogen (secondary N) is 2. The Kier molecular flexibility index (Phi) is 6.26. The average molecular weight is 381 g/mol. The van der Waals surface area contributed by atoms with Crippen molar-refractivity contribution in [3.63, 3.8) is 0 Å². The van der Waals surface area contributed by atoms with Gasteiger partial charge < -0.3 is 15.4 Å². The van der Waals surface area contributed by atoms with Crippen molar-refractivity contribution in [1.29, 1.82) is 0 Å². The molecule has 1 aliphatic rings. The van der Waals surface area contributed by atoms with E-state index in [9.17, 15) is 14.4 Å². The van der Waals surface area contributed by atoms with Crippen molar-refractivity contribution in [2.45, 2.75) is 18.9 Å². The maximum absolute atomic E-state index is 12.5. The van der Waals surface area contributed by atoms with Crippen LogP contribution in [0.25, 0.3) is 0 Å². The SMILES string of the molecule is COc1ccccc1CCNC(=O)CN1C(=O)N[C@@H](Cc2ccccc2)C1=O. The van der Waals surface area contributed by atoms with Crippen LogP contribution in [-0.4, -0.2) is 49.0 Å². The third kappa shape index (κ3) is 4.68. The summed E-state index contributed by atoms with van der Waals surface area (Å²) in [5, 5.41) is 5.39. The minimum absolute atomic E-state index is 0.290. The summed E-state index contributed by atoms with van der Waals surface area (Å²) < 4.78 is 5.28. The number of carbonyl (C=O) groups excluding carboxylic acids is 3. The number of carbonyl (C=O) groups is 3. The van der Waals surface area contributed by atoms with Gasteiger partial charge in [0.1, 0.15) is 18.3 Å². The van der Waals surface area contributed by atoms with E-state index in [-0.39, 0.29) is 18.4 Å². The smallest absolute Gasteiger partial charge is 0.325 e. The zero-order chi connectivity index (χ0) is 19.9. The highest BCUT2D eigenvalue weighted by atomic mass is 16.5. The highest BCUT2D eigenvalue weighted by Crippen LogP contribution is 2.17. The maximum Gasteiger partial charge on any atom is 0.325 e. The van der Waals surface area contributed by atoms with E-state index in [0.717, 1.165) is 21.8 Å². The fraction of sp³-hybridized carbons (Fsp3) is 0.286. The number of para-hydroxylation sites is 1. The van der Waals surface area contributed by atoms with Crippen molar-refractivity contribution < 1.29 is 19.1 Å². The minimum atomic E-state index is -0.642. The number of imide groups is 1. The molecule has 1 fully saturated rings. The quantitative estimate of drug-likeness (QED) is 0.679. The van der Waals surface area contributed by atoms with Gasteiger partial charge in [0, 0.05) is 13.0 Å². The first-order chi connectivity index (χ1) is 13.6. The number of methoxy groups -OCH3 is 1. The molecule has 4 amide bonds. The van der Waals surface area contributed by atoms with Crippen molar-refractivity contribution in [1.82, 2.24) is 15.5 Å². The zero-order valence-electron chi connectivity index (χ0n) is 15.7. The molecule has 3 rings (SSSR count). The van der Waals surface area contributed by atoms with Gasteiger partial charge in [0.05, 0.1) is 7.11 Å². The number of rotatable bonds is 8. The van der Waals surface area contributed by atoms with Crippen molar-refractivity contribution in [3.05, 3.63) is 65.7 Å². The van der Waals surface area contributed by atoms with Gasteiger partial charge in [0.25, 0.3) is 5.91 Å². The van der Waals surface area contributed by atoms with Crippen LogP contribution in [0.15, 0.2) is 54.6 Å². The van der Waals surface area contributed by atoms with Gasteiger partial charge in [0.15, 0.2) is 0 Å². The van der Waals surface area contributed by atoms with Gasteiger partial charge in [-0.1, -0.05) is 48.5 Å². The second kappa shape index (κ2) is 9.03. The van der Waals surface area contributed by atoms with Gasteiger partial charge in [-0.25, -0.2) is 4.79 Å². The zero-order valence-corrected chi connectivity index (χ0v) is 15.7. The molecule has 0 bridgehead atoms. The molecule has 0 aliphatic carbocycles. The van der Waals surface area contributed by atoms with Gasteiger partial charge in [-0.2, -0.15) is 0 Å². The summed E-state index contributed by atoms with van der Waals surface area (Å²) in [6, 6.07) is 15.8. The summed E-state index contributed by atoms with van der Waals surface area (Å²) in [6.07, 6.45) is 0.990. The molecular weight excluding hydrogens is 358 g/mol. The van der Waals surface area contributed by atoms with Crippen LogP contribution in [0.2, 0.25) is 0 Å². The van der Waals surface area contributed by atoms with Crippen molar-refractivity contribution in [3.8, 4) is 5.75 Å². The lowest BCUT2D eigenvalue weighted by molar-refractivity contribution is -0.132. The molecule has 0 saturated carbocycles. The van der Waals surface area contributed by atoms with Crippen LogP contribution in [0.5, 0.6) is 5.75 Å². The second-order valence-corrected chi connectivity index (χ2v) is 6.53. The van der Waals surface area contributed by atoms with Gasteiger partial charge in [-0.15, -0.1) is 0 Å². The van der Waals surface area contributed by atoms with E-state index >= 15 is 0 Å². The molecule has 0 unspecified atom stereocenters. The molecule has 2 aromatic carbocycles. The van der Waals surface area contributed by atoms with E-state index in [2.05, 4.69) is 10.6 Å². The summed E-state index contributed by atoms with van der Waals surface area (Å²) in [5.41, 5.74) is 1.92. The lowest BCUT2D eigenvalue weighted by Gasteiger charge is -2.13. The van der Waals surface area contributed by atoms with Crippen LogP contribution in [0.1, 0.15) is 11.1 Å². The Labute approximate surface area is 163 Å². The molecule has 7 nitrogen and oxygen atoms in total. The Balaban J connectivity index is 1.49. The van der Waals surface area contributed by atoms with Crippen LogP contribution in [-0.2, 0) is 22.4 Å². The molecule has 0 aromatic heterocycles. The van der Waals surface area contributed by atoms with Crippen LogP contribution in [0, 0.1) is 0 Å². The van der Waals surface area contributed by atoms with Gasteiger partial charge >= 0.3 is 6.03 Å². The predicted molar refractivity (Wildman–Crippen MR) is 104 cm³/mol. The van der Waals surface area contributed by atoms with Crippen LogP contribution in [0.4, 0.5) is 4.79 Å². The highest BCUT2D eigenvalue weighted by Gasteiger charge is 2.38. The van der Waals surface area contributed by atoms with E-state index < -0.39 is 12.1 Å². The Hall–Kier alpha value is -3.35. The second-order valence-electron chi connectivity index (χ2n) is 6.53. The third-order valence-electron chi connectivity index (χ3n) is 4.60. The van der Waals surface area contributed by atoms with E-state index in [1.54, 1.807) is 7.11 Å². The van der Waals surface area contributed by atoms with E-state index in [4.69, 9.17) is 4.74 Å². The summed E-state index contributed by atoms with van der Waals surface area (Å²) in [4.78, 5) is 37.7. The number of hydrogen-bond acceptors (Lipinski definition) is 4. The number of urea groups is 1. The largest absolute Gasteiger partial charge is 0.496 e. The lowest BCUT2D eigenvalue weighted by atomic mass is 10.1. The summed E-state index contributed by atoms with van der Waals surface area (Å²) in [6.45, 7) is 0.0954. The molecule has 2 N–H and O–H groups in total. The molecule has 1 atom stereocenters. The van der Waals surface area contributed by atoms with E-state index in [0.29, 0.717) is 19.4 Å². The molecular formula is C21H23N3O4. The van der Waals surface area contributed by atoms with Crippen molar-refractivity contribution in [2.75, 3.05) is 20.2 Å². The summed E-state index contributed by atoms with van der Waals surface area (Å²) in [7, 11) is 1.60. The van der Waals surface area contributed by atoms with Gasteiger partial charge in [-0.3, -0.25) is 14.5 Å². The topological polar surface area (TPSA) is 87.7 Å². The van der Waals surface area contributed by atoms with E-state index in [1.807, 2.05) is 54.6 Å². The van der Waals surface area contributed by atoms with Crippen LogP contribution in [0.3, 0.4) is 0 Å². The average Bonchev–Trinajstić information content (AvgIpc) is 2.96. The molecule has 0 spiro atoms. The molecule has 2 aromatic rings. The standard InChI is InChI=1S/C21H23N3O4/c1-28-18-10-6-5-9-16(18)11-12-22-19(25)14-24-20(26)17(23-21(24)27)13-15-7-3-2-4-8-15/h2-10,17H,11-14H2,1H3,(H,22,25)(H,23,27)/t17-/m0/s1. The third-order valence-corrected chi connectivity index (χ3v) is 4.60. The number of benzene rings is 2. The fourth-order valence-electron chi connectivity index (χ4n) is 3.16. The Morgan fingerprint density at radius 3 is 2.57 bits per heavy atom. The minimum Gasteiger partial charge on any atom is -0.496 e. The van der Waals surface area contributed by atoms with Crippen LogP contribution >= 0.6 is 0 Å². The number of hydrogen-bond donors (Lipinski definition) is 2. The maximum atomic E-state index is 12.5. The Bertz CT molecular complexity index is 854. The summed E-state index contributed by atoms with van der Waals surface area (Å²) >= 11 is 0. The molecule has 28 heavy (non-hydrogen) atoms. The first-order valence-electron chi connectivity index (χ1n) is 9.13. The van der Waals surface area contributed by atoms with Crippen LogP contribution < -0.4 is 15.4 Å². The Morgan fingerprint density at radius 1 is 1.11 bits per heavy atom. The van der Waals surface area contributed by atoms with Gasteiger partial charge in [-0.05, 0) is 23.6 Å². The molecule has 1 heterocycles. The predicted octanol–water partition coefficient (Wildman–Crippen LogP) is 1.52. The summed E-state index contributed by atoms with van der Waals surface area (Å²) in [5.74, 6) is 0.00194. The van der Waals surface area contributed by atoms with Crippen molar-refractivity contribution in [2.24, 2.45) is 0 Å². The van der Waals surface area contributed by atoms with Gasteiger partial charge in [0.2, 0.25) is 5.91 Å². The fourth-order valence-corrected chi connectivity index (χ4v) is 3.16. The molecule has 1 aliphatic heterocycles. The molecule has 0 radical (unpaired) electrons. The Morgan fingerprint density at radius 2 is 1.82 bits per heavy atom. The number of ether oxygens (including phenoxy) is 1. The number of nitrogens with zero attached hydrogens (tertiary/aromatic N) is 1. The first-order valence-corrected chi connectivity index (χ1v) is 9.13. The highest BCUT2D eigenvalue weighted by molar-refractivity contribution is 6.06.